The van der Waals surface area contributed by atoms with Gasteiger partial charge in [0, 0.05) is 12.5 Å². The maximum absolute atomic E-state index is 12.7. The van der Waals surface area contributed by atoms with Crippen LogP contribution in [-0.2, 0) is 19.0 Å². The van der Waals surface area contributed by atoms with Gasteiger partial charge in [-0.3, -0.25) is 4.79 Å². The molecule has 0 saturated carbocycles. The smallest absolute Gasteiger partial charge is 0.407 e. The van der Waals surface area contributed by atoms with Crippen molar-refractivity contribution in [1.82, 2.24) is 10.6 Å². The van der Waals surface area contributed by atoms with Crippen molar-refractivity contribution in [3.8, 4) is 11.1 Å². The van der Waals surface area contributed by atoms with Crippen molar-refractivity contribution in [2.45, 2.75) is 40.5 Å². The van der Waals surface area contributed by atoms with Gasteiger partial charge in [-0.15, -0.1) is 0 Å². The first-order chi connectivity index (χ1) is 16.9. The maximum atomic E-state index is 12.7. The Labute approximate surface area is 237 Å². The number of amides is 1. The average molecular weight is 691 g/mol. The number of alkyl carbamates (subject to hydrolysis) is 1. The summed E-state index contributed by atoms with van der Waals surface area (Å²) in [6, 6.07) is 16.0. The number of hydrogen-bond acceptors (Lipinski definition) is 6. The van der Waals surface area contributed by atoms with E-state index in [2.05, 4.69) is 82.7 Å². The summed E-state index contributed by atoms with van der Waals surface area (Å²) in [5, 5.41) is 5.88. The highest BCUT2D eigenvalue weighted by atomic mass is 80.0. The van der Waals surface area contributed by atoms with Crippen LogP contribution in [0.2, 0.25) is 0 Å². The Morgan fingerprint density at radius 3 is 2.08 bits per heavy atom. The van der Waals surface area contributed by atoms with Crippen LogP contribution < -0.4 is 10.6 Å². The van der Waals surface area contributed by atoms with Crippen molar-refractivity contribution < 1.29 is 23.8 Å². The van der Waals surface area contributed by atoms with Crippen LogP contribution in [-0.4, -0.2) is 58.8 Å². The third-order valence-corrected chi connectivity index (χ3v) is 6.13. The summed E-state index contributed by atoms with van der Waals surface area (Å²) in [6.45, 7) is 6.68. The molecular weight excluding hydrogens is 660 g/mol. The second kappa shape index (κ2) is 12.9. The zero-order chi connectivity index (χ0) is 26.3. The summed E-state index contributed by atoms with van der Waals surface area (Å²) in [4.78, 5) is 24.7. The van der Waals surface area contributed by atoms with Crippen molar-refractivity contribution in [2.24, 2.45) is 0 Å². The van der Waals surface area contributed by atoms with E-state index in [-0.39, 0.29) is 37.9 Å². The molecule has 1 unspecified atom stereocenters. The number of nitrogens with one attached hydrogen (secondary N) is 2. The fourth-order valence-electron chi connectivity index (χ4n) is 3.87. The molecule has 0 aromatic heterocycles. The molecule has 0 radical (unpaired) electrons. The lowest BCUT2D eigenvalue weighted by molar-refractivity contribution is -0.142. The van der Waals surface area contributed by atoms with Crippen LogP contribution in [0.15, 0.2) is 48.5 Å². The molecule has 0 spiro atoms. The second-order valence-electron chi connectivity index (χ2n) is 9.50. The highest BCUT2D eigenvalue weighted by Crippen LogP contribution is 2.44. The molecule has 0 aliphatic heterocycles. The Kier molecular flexibility index (Phi) is 10.4. The quantitative estimate of drug-likeness (QED) is 0.247. The largest absolute Gasteiger partial charge is 0.461 e. The minimum atomic E-state index is -0.655. The van der Waals surface area contributed by atoms with E-state index in [0.717, 1.165) is 11.1 Å². The standard InChI is InChI=1S/C26H31Br3N2O5/c1-25(2,3)36-14-17(12-30-13-23(32)35-16-26(27,28)29)31-24(33)34-15-22-20-10-6-4-8-18(20)19-9-5-7-11-21(19)22/h4-11,17,22,30H,12-16H2,1-3H3,(H,31,33). The molecule has 0 heterocycles. The lowest BCUT2D eigenvalue weighted by atomic mass is 9.98. The molecule has 3 rings (SSSR count). The molecule has 36 heavy (non-hydrogen) atoms. The number of alkyl halides is 3. The van der Waals surface area contributed by atoms with Crippen LogP contribution in [0.4, 0.5) is 4.79 Å². The number of rotatable bonds is 10. The van der Waals surface area contributed by atoms with Crippen LogP contribution >= 0.6 is 47.8 Å². The van der Waals surface area contributed by atoms with E-state index >= 15 is 0 Å². The zero-order valence-corrected chi connectivity index (χ0v) is 25.2. The summed E-state index contributed by atoms with van der Waals surface area (Å²) in [6.07, 6.45) is -0.536. The van der Waals surface area contributed by atoms with Crippen LogP contribution in [0.25, 0.3) is 11.1 Å². The van der Waals surface area contributed by atoms with Gasteiger partial charge in [0.25, 0.3) is 0 Å². The van der Waals surface area contributed by atoms with E-state index in [1.165, 1.54) is 11.1 Å². The van der Waals surface area contributed by atoms with E-state index in [0.29, 0.717) is 6.54 Å². The molecule has 0 saturated heterocycles. The van der Waals surface area contributed by atoms with Crippen molar-refractivity contribution in [3.63, 3.8) is 0 Å². The first-order valence-electron chi connectivity index (χ1n) is 11.6. The summed E-state index contributed by atoms with van der Waals surface area (Å²) in [5.41, 5.74) is 4.26. The number of esters is 1. The van der Waals surface area contributed by atoms with Gasteiger partial charge < -0.3 is 24.8 Å². The fourth-order valence-corrected chi connectivity index (χ4v) is 4.21. The molecule has 2 aromatic rings. The Balaban J connectivity index is 1.55. The molecule has 0 bridgehead atoms. The molecule has 0 fully saturated rings. The molecule has 196 valence electrons. The lowest BCUT2D eigenvalue weighted by Gasteiger charge is -2.25. The molecule has 7 nitrogen and oxygen atoms in total. The van der Waals surface area contributed by atoms with Gasteiger partial charge in [-0.2, -0.15) is 0 Å². The topological polar surface area (TPSA) is 85.9 Å². The van der Waals surface area contributed by atoms with Crippen molar-refractivity contribution >= 4 is 59.9 Å². The Morgan fingerprint density at radius 2 is 1.53 bits per heavy atom. The van der Waals surface area contributed by atoms with Crippen LogP contribution in [0.3, 0.4) is 0 Å². The predicted molar refractivity (Wildman–Crippen MR) is 151 cm³/mol. The fraction of sp³-hybridized carbons (Fsp3) is 0.462. The number of carbonyl (C=O) groups is 2. The van der Waals surface area contributed by atoms with Gasteiger partial charge in [0.05, 0.1) is 24.8 Å². The van der Waals surface area contributed by atoms with Gasteiger partial charge in [-0.05, 0) is 43.0 Å². The van der Waals surface area contributed by atoms with Gasteiger partial charge >= 0.3 is 12.1 Å². The number of halogens is 3. The van der Waals surface area contributed by atoms with Crippen molar-refractivity contribution in [2.75, 3.05) is 32.9 Å². The molecule has 1 amide bonds. The number of ether oxygens (including phenoxy) is 3. The summed E-state index contributed by atoms with van der Waals surface area (Å²) in [5.74, 6) is -0.444. The van der Waals surface area contributed by atoms with Crippen LogP contribution in [0.1, 0.15) is 37.8 Å². The van der Waals surface area contributed by atoms with Crippen LogP contribution in [0.5, 0.6) is 0 Å². The van der Waals surface area contributed by atoms with Crippen molar-refractivity contribution in [3.05, 3.63) is 59.7 Å². The summed E-state index contributed by atoms with van der Waals surface area (Å²) in [7, 11) is 0. The Hall–Kier alpha value is -1.46. The molecule has 2 N–H and O–H groups in total. The Bertz CT molecular complexity index is 1010. The third-order valence-electron chi connectivity index (χ3n) is 5.44. The summed E-state index contributed by atoms with van der Waals surface area (Å²) < 4.78 is 16.0. The van der Waals surface area contributed by atoms with Crippen LogP contribution in [0, 0.1) is 0 Å². The van der Waals surface area contributed by atoms with Gasteiger partial charge in [-0.1, -0.05) is 96.3 Å². The van der Waals surface area contributed by atoms with Crippen molar-refractivity contribution in [1.29, 1.82) is 0 Å². The Morgan fingerprint density at radius 1 is 0.944 bits per heavy atom. The van der Waals surface area contributed by atoms with Gasteiger partial charge in [0.15, 0.2) is 2.14 Å². The minimum absolute atomic E-state index is 0.0124. The molecule has 1 atom stereocenters. The molecule has 2 aromatic carbocycles. The summed E-state index contributed by atoms with van der Waals surface area (Å²) >= 11 is 9.84. The first kappa shape index (κ1) is 29.1. The normalized spacial score (nSPS) is 14.1. The third kappa shape index (κ3) is 9.13. The number of hydrogen-bond donors (Lipinski definition) is 2. The molecule has 10 heteroatoms. The SMILES string of the molecule is CC(C)(C)OCC(CNCC(=O)OCC(Br)(Br)Br)NC(=O)OCC1c2ccccc2-c2ccccc21. The minimum Gasteiger partial charge on any atom is -0.461 e. The molecule has 1 aliphatic rings. The van der Waals surface area contributed by atoms with Gasteiger partial charge in [-0.25, -0.2) is 4.79 Å². The first-order valence-corrected chi connectivity index (χ1v) is 14.0. The van der Waals surface area contributed by atoms with Gasteiger partial charge in [0.2, 0.25) is 0 Å². The van der Waals surface area contributed by atoms with E-state index in [1.807, 2.05) is 45.0 Å². The van der Waals surface area contributed by atoms with E-state index in [1.54, 1.807) is 0 Å². The number of carbonyl (C=O) groups excluding carboxylic acids is 2. The average Bonchev–Trinajstić information content (AvgIpc) is 3.12. The van der Waals surface area contributed by atoms with E-state index in [4.69, 9.17) is 14.2 Å². The highest BCUT2D eigenvalue weighted by molar-refractivity contribution is 9.39. The molecule has 1 aliphatic carbocycles. The second-order valence-corrected chi connectivity index (χ2v) is 16.8. The van der Waals surface area contributed by atoms with Gasteiger partial charge in [0.1, 0.15) is 13.2 Å². The van der Waals surface area contributed by atoms with E-state index in [9.17, 15) is 9.59 Å². The zero-order valence-electron chi connectivity index (χ0n) is 20.5. The predicted octanol–water partition coefficient (Wildman–Crippen LogP) is 5.68. The molecular formula is C26H31Br3N2O5. The maximum Gasteiger partial charge on any atom is 0.407 e. The highest BCUT2D eigenvalue weighted by Gasteiger charge is 2.29. The number of fused-ring (bicyclic) bond motifs is 3. The monoisotopic (exact) mass is 688 g/mol. The van der Waals surface area contributed by atoms with E-state index < -0.39 is 20.2 Å². The lowest BCUT2D eigenvalue weighted by Crippen LogP contribution is -2.47. The number of benzene rings is 2.